The Balaban J connectivity index is 1.88. The van der Waals surface area contributed by atoms with Gasteiger partial charge < -0.3 is 5.32 Å². The molecule has 1 heterocycles. The molecule has 2 nitrogen and oxygen atoms in total. The van der Waals surface area contributed by atoms with Crippen LogP contribution in [0.25, 0.3) is 0 Å². The maximum Gasteiger partial charge on any atom is 0.156 e. The zero-order valence-electron chi connectivity index (χ0n) is 12.0. The van der Waals surface area contributed by atoms with E-state index in [9.17, 15) is 0 Å². The molecule has 1 aliphatic carbocycles. The minimum absolute atomic E-state index is 0.456. The van der Waals surface area contributed by atoms with E-state index in [1.807, 2.05) is 11.8 Å². The molecule has 1 N–H and O–H groups in total. The van der Waals surface area contributed by atoms with Crippen LogP contribution in [-0.2, 0) is 0 Å². The molecule has 3 heteroatoms. The zero-order chi connectivity index (χ0) is 12.8. The molecule has 1 aliphatic heterocycles. The molecule has 0 amide bonds. The third kappa shape index (κ3) is 2.23. The van der Waals surface area contributed by atoms with Gasteiger partial charge in [-0.1, -0.05) is 53.3 Å². The van der Waals surface area contributed by atoms with Crippen LogP contribution in [-0.4, -0.2) is 23.5 Å². The summed E-state index contributed by atoms with van der Waals surface area (Å²) in [4.78, 5) is 4.78. The summed E-state index contributed by atoms with van der Waals surface area (Å²) in [5, 5.41) is 4.71. The van der Waals surface area contributed by atoms with Crippen LogP contribution in [0.3, 0.4) is 0 Å². The van der Waals surface area contributed by atoms with Crippen molar-refractivity contribution < 1.29 is 0 Å². The van der Waals surface area contributed by atoms with E-state index in [1.54, 1.807) is 0 Å². The lowest BCUT2D eigenvalue weighted by Gasteiger charge is -2.13. The minimum atomic E-state index is 0.456. The van der Waals surface area contributed by atoms with Gasteiger partial charge in [-0.05, 0) is 22.7 Å². The van der Waals surface area contributed by atoms with Gasteiger partial charge in [0, 0.05) is 18.3 Å². The van der Waals surface area contributed by atoms with Gasteiger partial charge in [-0.3, -0.25) is 4.99 Å². The largest absolute Gasteiger partial charge is 0.361 e. The van der Waals surface area contributed by atoms with Crippen LogP contribution in [0, 0.1) is 22.7 Å². The van der Waals surface area contributed by atoms with Crippen LogP contribution < -0.4 is 5.32 Å². The molecule has 17 heavy (non-hydrogen) atoms. The molecule has 1 saturated carbocycles. The number of hydrogen-bond donors (Lipinski definition) is 1. The predicted octanol–water partition coefficient (Wildman–Crippen LogP) is 3.39. The second kappa shape index (κ2) is 4.18. The van der Waals surface area contributed by atoms with Gasteiger partial charge in [-0.2, -0.15) is 0 Å². The third-order valence-corrected chi connectivity index (χ3v) is 6.30. The van der Waals surface area contributed by atoms with Crippen LogP contribution >= 0.6 is 11.8 Å². The van der Waals surface area contributed by atoms with Crippen molar-refractivity contribution in [1.29, 1.82) is 0 Å². The van der Waals surface area contributed by atoms with E-state index in [2.05, 4.69) is 46.9 Å². The molecule has 0 aromatic heterocycles. The Morgan fingerprint density at radius 3 is 2.29 bits per heavy atom. The SMILES string of the molecule is CC(C)C1CSC(=NCC2C(C)(C)C2(C)C)N1. The summed E-state index contributed by atoms with van der Waals surface area (Å²) < 4.78 is 0. The summed E-state index contributed by atoms with van der Waals surface area (Å²) in [6.07, 6.45) is 0. The number of hydrogen-bond acceptors (Lipinski definition) is 2. The summed E-state index contributed by atoms with van der Waals surface area (Å²) in [5.74, 6) is 2.61. The molecule has 0 radical (unpaired) electrons. The molecule has 0 aromatic carbocycles. The first-order valence-corrected chi connectivity index (χ1v) is 7.69. The third-order valence-electron chi connectivity index (χ3n) is 5.25. The Kier molecular flexibility index (Phi) is 3.26. The molecule has 1 saturated heterocycles. The Morgan fingerprint density at radius 2 is 1.88 bits per heavy atom. The number of nitrogens with one attached hydrogen (secondary N) is 1. The second-order valence-electron chi connectivity index (χ2n) is 6.95. The van der Waals surface area contributed by atoms with E-state index >= 15 is 0 Å². The Morgan fingerprint density at radius 1 is 1.29 bits per heavy atom. The van der Waals surface area contributed by atoms with Crippen LogP contribution in [0.5, 0.6) is 0 Å². The fourth-order valence-electron chi connectivity index (χ4n) is 2.82. The van der Waals surface area contributed by atoms with Gasteiger partial charge in [-0.25, -0.2) is 0 Å². The summed E-state index contributed by atoms with van der Waals surface area (Å²) in [5.41, 5.74) is 0.912. The molecular weight excluding hydrogens is 228 g/mol. The molecule has 2 aliphatic rings. The monoisotopic (exact) mass is 254 g/mol. The highest BCUT2D eigenvalue weighted by molar-refractivity contribution is 8.14. The maximum absolute atomic E-state index is 4.78. The lowest BCUT2D eigenvalue weighted by Crippen LogP contribution is -2.31. The number of nitrogens with zero attached hydrogens (tertiary/aromatic N) is 1. The molecule has 1 atom stereocenters. The Labute approximate surface area is 110 Å². The lowest BCUT2D eigenvalue weighted by molar-refractivity contribution is 0.457. The van der Waals surface area contributed by atoms with E-state index in [0.29, 0.717) is 22.8 Å². The number of amidine groups is 1. The van der Waals surface area contributed by atoms with Crippen molar-refractivity contribution in [3.63, 3.8) is 0 Å². The molecule has 2 fully saturated rings. The highest BCUT2D eigenvalue weighted by Gasteiger charge is 2.64. The minimum Gasteiger partial charge on any atom is -0.361 e. The molecule has 0 spiro atoms. The highest BCUT2D eigenvalue weighted by Crippen LogP contribution is 2.68. The van der Waals surface area contributed by atoms with Crippen LogP contribution in [0.1, 0.15) is 41.5 Å². The van der Waals surface area contributed by atoms with Gasteiger partial charge in [0.25, 0.3) is 0 Å². The first kappa shape index (κ1) is 13.3. The van der Waals surface area contributed by atoms with Crippen LogP contribution in [0.2, 0.25) is 0 Å². The quantitative estimate of drug-likeness (QED) is 0.835. The van der Waals surface area contributed by atoms with Crippen molar-refractivity contribution in [3.05, 3.63) is 0 Å². The number of thioether (sulfide) groups is 1. The molecule has 1 unspecified atom stereocenters. The average molecular weight is 254 g/mol. The van der Waals surface area contributed by atoms with Gasteiger partial charge in [0.05, 0.1) is 0 Å². The van der Waals surface area contributed by atoms with Gasteiger partial charge in [0.2, 0.25) is 0 Å². The molecule has 0 aromatic rings. The van der Waals surface area contributed by atoms with Gasteiger partial charge in [0.15, 0.2) is 5.17 Å². The lowest BCUT2D eigenvalue weighted by atomic mass is 10.0. The van der Waals surface area contributed by atoms with Crippen molar-refractivity contribution in [2.75, 3.05) is 12.3 Å². The molecular formula is C14H26N2S. The Bertz CT molecular complexity index is 317. The summed E-state index contributed by atoms with van der Waals surface area (Å²) >= 11 is 1.89. The van der Waals surface area contributed by atoms with Crippen LogP contribution in [0.4, 0.5) is 0 Å². The van der Waals surface area contributed by atoms with E-state index in [0.717, 1.165) is 12.5 Å². The maximum atomic E-state index is 4.78. The second-order valence-corrected chi connectivity index (χ2v) is 7.96. The van der Waals surface area contributed by atoms with E-state index in [-0.39, 0.29) is 0 Å². The van der Waals surface area contributed by atoms with Gasteiger partial charge >= 0.3 is 0 Å². The normalized spacial score (nSPS) is 33.1. The zero-order valence-corrected chi connectivity index (χ0v) is 12.8. The summed E-state index contributed by atoms with van der Waals surface area (Å²) in [6.45, 7) is 15.0. The van der Waals surface area contributed by atoms with E-state index in [4.69, 9.17) is 4.99 Å². The first-order valence-electron chi connectivity index (χ1n) is 6.70. The van der Waals surface area contributed by atoms with Crippen molar-refractivity contribution in [2.45, 2.75) is 47.6 Å². The summed E-state index contributed by atoms with van der Waals surface area (Å²) in [6, 6.07) is 0.610. The Hall–Kier alpha value is -0.180. The predicted molar refractivity (Wildman–Crippen MR) is 77.6 cm³/mol. The van der Waals surface area contributed by atoms with Gasteiger partial charge in [-0.15, -0.1) is 0 Å². The summed E-state index contributed by atoms with van der Waals surface area (Å²) in [7, 11) is 0. The topological polar surface area (TPSA) is 24.4 Å². The smallest absolute Gasteiger partial charge is 0.156 e. The average Bonchev–Trinajstić information content (AvgIpc) is 2.58. The van der Waals surface area contributed by atoms with Gasteiger partial charge in [0.1, 0.15) is 0 Å². The van der Waals surface area contributed by atoms with E-state index < -0.39 is 0 Å². The fraction of sp³-hybridized carbons (Fsp3) is 0.929. The van der Waals surface area contributed by atoms with Crippen molar-refractivity contribution in [3.8, 4) is 0 Å². The number of rotatable bonds is 3. The van der Waals surface area contributed by atoms with Crippen molar-refractivity contribution >= 4 is 16.9 Å². The fourth-order valence-corrected chi connectivity index (χ4v) is 4.03. The van der Waals surface area contributed by atoms with Crippen molar-refractivity contribution in [1.82, 2.24) is 5.32 Å². The van der Waals surface area contributed by atoms with Crippen molar-refractivity contribution in [2.24, 2.45) is 27.7 Å². The van der Waals surface area contributed by atoms with Crippen LogP contribution in [0.15, 0.2) is 4.99 Å². The molecule has 98 valence electrons. The van der Waals surface area contributed by atoms with E-state index in [1.165, 1.54) is 10.9 Å². The standard InChI is InChI=1S/C14H26N2S/c1-9(2)10-8-17-12(16-10)15-7-11-13(3,4)14(11,5)6/h9-11H,7-8H2,1-6H3,(H,15,16). The number of aliphatic imine (C=N–C) groups is 1. The first-order chi connectivity index (χ1) is 7.76. The highest BCUT2D eigenvalue weighted by atomic mass is 32.2. The molecule has 0 bridgehead atoms. The molecule has 2 rings (SSSR count).